The molecule has 19 heavy (non-hydrogen) atoms. The Morgan fingerprint density at radius 2 is 1.74 bits per heavy atom. The quantitative estimate of drug-likeness (QED) is 0.798. The van der Waals surface area contributed by atoms with Crippen LogP contribution in [0, 0.1) is 28.6 Å². The zero-order chi connectivity index (χ0) is 13.4. The summed E-state index contributed by atoms with van der Waals surface area (Å²) in [4.78, 5) is 0. The number of fused-ring (bicyclic) bond motifs is 1. The van der Waals surface area contributed by atoms with E-state index in [9.17, 15) is 10.5 Å². The molecule has 2 aliphatic heterocycles. The van der Waals surface area contributed by atoms with E-state index in [1.807, 2.05) is 24.3 Å². The first-order valence-electron chi connectivity index (χ1n) is 6.34. The molecule has 0 unspecified atom stereocenters. The maximum Gasteiger partial charge on any atom is 0.129 e. The summed E-state index contributed by atoms with van der Waals surface area (Å²) in [7, 11) is 0. The molecule has 96 valence electrons. The zero-order valence-corrected chi connectivity index (χ0v) is 11.9. The van der Waals surface area contributed by atoms with E-state index in [4.69, 9.17) is 0 Å². The minimum Gasteiger partial charge on any atom is -0.232 e. The summed E-state index contributed by atoms with van der Waals surface area (Å²) in [6.45, 7) is 1.81. The van der Waals surface area contributed by atoms with Crippen molar-refractivity contribution in [1.29, 1.82) is 10.5 Å². The Balaban J connectivity index is 2.01. The van der Waals surface area contributed by atoms with Gasteiger partial charge in [0.15, 0.2) is 0 Å². The molecule has 0 aliphatic carbocycles. The van der Waals surface area contributed by atoms with Gasteiger partial charge < -0.3 is 0 Å². The molecule has 3 rings (SSSR count). The molecule has 1 aromatic carbocycles. The highest BCUT2D eigenvalue weighted by molar-refractivity contribution is 9.10. The van der Waals surface area contributed by atoms with Gasteiger partial charge >= 0.3 is 0 Å². The zero-order valence-electron chi connectivity index (χ0n) is 10.3. The fraction of sp³-hybridized carbons (Fsp3) is 0.429. The van der Waals surface area contributed by atoms with Crippen molar-refractivity contribution in [3.63, 3.8) is 0 Å². The van der Waals surface area contributed by atoms with E-state index >= 15 is 0 Å². The van der Waals surface area contributed by atoms with Crippen LogP contribution >= 0.6 is 15.9 Å². The van der Waals surface area contributed by atoms with Crippen LogP contribution in [-0.2, 0) is 0 Å². The number of rotatable bonds is 1. The minimum absolute atomic E-state index is 0.00486. The number of hydrogen-bond donors (Lipinski definition) is 0. The standard InChI is InChI=1S/C14H13BrN4/c15-11-4-2-10(3-5-11)14-12(8-16)13(9-17)18-6-1-7-19(14)18/h2-5,12-14H,1,6-7H2/t12-,13-,14-/m1/s1. The van der Waals surface area contributed by atoms with Gasteiger partial charge in [0, 0.05) is 17.6 Å². The monoisotopic (exact) mass is 316 g/mol. The molecule has 0 radical (unpaired) electrons. The lowest BCUT2D eigenvalue weighted by molar-refractivity contribution is 0.0383. The number of hydrazine groups is 1. The maximum absolute atomic E-state index is 9.45. The maximum atomic E-state index is 9.45. The van der Waals surface area contributed by atoms with Gasteiger partial charge in [-0.2, -0.15) is 10.5 Å². The average molecular weight is 317 g/mol. The summed E-state index contributed by atoms with van der Waals surface area (Å²) in [5, 5.41) is 23.1. The molecule has 2 aliphatic rings. The van der Waals surface area contributed by atoms with Crippen LogP contribution in [0.2, 0.25) is 0 Å². The molecular formula is C14H13BrN4. The van der Waals surface area contributed by atoms with E-state index in [-0.39, 0.29) is 18.0 Å². The van der Waals surface area contributed by atoms with Gasteiger partial charge in [0.1, 0.15) is 6.04 Å². The highest BCUT2D eigenvalue weighted by Crippen LogP contribution is 2.43. The van der Waals surface area contributed by atoms with Gasteiger partial charge in [0.2, 0.25) is 0 Å². The molecule has 0 bridgehead atoms. The van der Waals surface area contributed by atoms with Crippen LogP contribution in [0.4, 0.5) is 0 Å². The predicted octanol–water partition coefficient (Wildman–Crippen LogP) is 2.46. The first-order chi connectivity index (χ1) is 9.26. The fourth-order valence-electron chi connectivity index (χ4n) is 3.12. The molecule has 0 saturated carbocycles. The van der Waals surface area contributed by atoms with Crippen molar-refractivity contribution in [3.05, 3.63) is 34.3 Å². The number of nitriles is 2. The molecule has 4 nitrogen and oxygen atoms in total. The Labute approximate surface area is 120 Å². The van der Waals surface area contributed by atoms with Crippen LogP contribution in [-0.4, -0.2) is 29.1 Å². The third-order valence-electron chi connectivity index (χ3n) is 3.92. The Hall–Kier alpha value is -1.40. The molecule has 2 saturated heterocycles. The summed E-state index contributed by atoms with van der Waals surface area (Å²) in [6.07, 6.45) is 1.06. The average Bonchev–Trinajstić information content (AvgIpc) is 2.98. The van der Waals surface area contributed by atoms with Crippen LogP contribution in [0.15, 0.2) is 28.7 Å². The van der Waals surface area contributed by atoms with Crippen molar-refractivity contribution < 1.29 is 0 Å². The molecule has 0 N–H and O–H groups in total. The van der Waals surface area contributed by atoms with Crippen LogP contribution in [0.25, 0.3) is 0 Å². The second kappa shape index (κ2) is 4.94. The molecule has 0 spiro atoms. The van der Waals surface area contributed by atoms with Crippen LogP contribution < -0.4 is 0 Å². The summed E-state index contributed by atoms with van der Waals surface area (Å²) >= 11 is 3.43. The van der Waals surface area contributed by atoms with Gasteiger partial charge in [-0.3, -0.25) is 0 Å². The SMILES string of the molecule is N#C[C@@H]1[C@@H](C#N)N2CCCN2[C@@H]1c1ccc(Br)cc1. The van der Waals surface area contributed by atoms with Crippen molar-refractivity contribution in [2.45, 2.75) is 18.5 Å². The smallest absolute Gasteiger partial charge is 0.129 e. The fourth-order valence-corrected chi connectivity index (χ4v) is 3.38. The van der Waals surface area contributed by atoms with Gasteiger partial charge in [0.25, 0.3) is 0 Å². The van der Waals surface area contributed by atoms with E-state index in [0.717, 1.165) is 29.5 Å². The van der Waals surface area contributed by atoms with Gasteiger partial charge in [-0.25, -0.2) is 10.0 Å². The Bertz CT molecular complexity index is 556. The lowest BCUT2D eigenvalue weighted by Gasteiger charge is -2.25. The van der Waals surface area contributed by atoms with Crippen molar-refractivity contribution in [1.82, 2.24) is 10.0 Å². The largest absolute Gasteiger partial charge is 0.232 e. The second-order valence-electron chi connectivity index (χ2n) is 4.90. The molecular weight excluding hydrogens is 304 g/mol. The topological polar surface area (TPSA) is 54.1 Å². The summed E-state index contributed by atoms with van der Waals surface area (Å²) in [5.41, 5.74) is 1.11. The minimum atomic E-state index is -0.318. The molecule has 2 fully saturated rings. The number of hydrogen-bond acceptors (Lipinski definition) is 4. The van der Waals surface area contributed by atoms with Crippen molar-refractivity contribution >= 4 is 15.9 Å². The lowest BCUT2D eigenvalue weighted by atomic mass is 9.90. The van der Waals surface area contributed by atoms with Crippen LogP contribution in [0.5, 0.6) is 0 Å². The van der Waals surface area contributed by atoms with E-state index < -0.39 is 0 Å². The summed E-state index contributed by atoms with van der Waals surface area (Å²) in [6, 6.07) is 12.4. The van der Waals surface area contributed by atoms with E-state index in [0.29, 0.717) is 0 Å². The van der Waals surface area contributed by atoms with Crippen molar-refractivity contribution in [2.24, 2.45) is 5.92 Å². The van der Waals surface area contributed by atoms with Crippen molar-refractivity contribution in [2.75, 3.05) is 13.1 Å². The molecule has 0 aromatic heterocycles. The highest BCUT2D eigenvalue weighted by atomic mass is 79.9. The van der Waals surface area contributed by atoms with Gasteiger partial charge in [-0.05, 0) is 24.1 Å². The number of halogens is 1. The van der Waals surface area contributed by atoms with E-state index in [2.05, 4.69) is 38.1 Å². The Morgan fingerprint density at radius 1 is 1.05 bits per heavy atom. The Kier molecular flexibility index (Phi) is 3.28. The Morgan fingerprint density at radius 3 is 2.37 bits per heavy atom. The van der Waals surface area contributed by atoms with E-state index in [1.165, 1.54) is 0 Å². The van der Waals surface area contributed by atoms with Crippen LogP contribution in [0.3, 0.4) is 0 Å². The molecule has 3 atom stereocenters. The van der Waals surface area contributed by atoms with Gasteiger partial charge in [-0.15, -0.1) is 0 Å². The van der Waals surface area contributed by atoms with Crippen molar-refractivity contribution in [3.8, 4) is 12.1 Å². The normalized spacial score (nSPS) is 30.8. The molecule has 2 heterocycles. The summed E-state index contributed by atoms with van der Waals surface area (Å²) in [5.74, 6) is -0.286. The molecule has 0 amide bonds. The first-order valence-corrected chi connectivity index (χ1v) is 7.13. The predicted molar refractivity (Wildman–Crippen MR) is 73.4 cm³/mol. The van der Waals surface area contributed by atoms with E-state index in [1.54, 1.807) is 0 Å². The third-order valence-corrected chi connectivity index (χ3v) is 4.45. The molecule has 5 heteroatoms. The number of nitrogens with zero attached hydrogens (tertiary/aromatic N) is 4. The first kappa shape index (κ1) is 12.6. The highest BCUT2D eigenvalue weighted by Gasteiger charge is 2.50. The van der Waals surface area contributed by atoms with Crippen LogP contribution in [0.1, 0.15) is 18.0 Å². The third kappa shape index (κ3) is 1.95. The summed E-state index contributed by atoms with van der Waals surface area (Å²) < 4.78 is 1.03. The molecule has 1 aromatic rings. The number of benzene rings is 1. The van der Waals surface area contributed by atoms with Gasteiger partial charge in [0.05, 0.1) is 24.1 Å². The second-order valence-corrected chi connectivity index (χ2v) is 5.82. The van der Waals surface area contributed by atoms with Gasteiger partial charge in [-0.1, -0.05) is 28.1 Å². The lowest BCUT2D eigenvalue weighted by Crippen LogP contribution is -2.35.